The third-order valence-corrected chi connectivity index (χ3v) is 3.63. The predicted molar refractivity (Wildman–Crippen MR) is 84.6 cm³/mol. The molecule has 2 aromatic rings. The van der Waals surface area contributed by atoms with Gasteiger partial charge in [-0.25, -0.2) is 0 Å². The zero-order chi connectivity index (χ0) is 13.8. The highest BCUT2D eigenvalue weighted by atomic mass is 35.5. The number of halogens is 1. The molecule has 0 bridgehead atoms. The first-order valence-electron chi connectivity index (χ1n) is 6.49. The molecular weight excluding hydrogens is 274 g/mol. The van der Waals surface area contributed by atoms with Crippen LogP contribution < -0.4 is 0 Å². The van der Waals surface area contributed by atoms with Crippen LogP contribution in [0.15, 0.2) is 42.5 Å². The van der Waals surface area contributed by atoms with Gasteiger partial charge in [-0.3, -0.25) is 9.69 Å². The third kappa shape index (κ3) is 3.71. The SMILES string of the molecule is CC(C(=O)O)N(C)CCc1cccc2ccccc12.Cl. The Morgan fingerprint density at radius 1 is 1.20 bits per heavy atom. The van der Waals surface area contributed by atoms with Gasteiger partial charge < -0.3 is 5.11 Å². The standard InChI is InChI=1S/C16H19NO2.ClH/c1-12(16(18)19)17(2)11-10-14-8-5-7-13-6-3-4-9-15(13)14;/h3-9,12H,10-11H2,1-2H3,(H,18,19);1H. The number of hydrogen-bond acceptors (Lipinski definition) is 2. The van der Waals surface area contributed by atoms with Crippen LogP contribution in [0.3, 0.4) is 0 Å². The fourth-order valence-electron chi connectivity index (χ4n) is 2.19. The maximum absolute atomic E-state index is 10.9. The molecule has 0 fully saturated rings. The van der Waals surface area contributed by atoms with Crippen molar-refractivity contribution in [1.29, 1.82) is 0 Å². The average molecular weight is 294 g/mol. The molecule has 0 saturated heterocycles. The Morgan fingerprint density at radius 3 is 2.55 bits per heavy atom. The summed E-state index contributed by atoms with van der Waals surface area (Å²) in [6, 6.07) is 14.1. The van der Waals surface area contributed by atoms with E-state index in [-0.39, 0.29) is 12.4 Å². The first-order valence-corrected chi connectivity index (χ1v) is 6.49. The summed E-state index contributed by atoms with van der Waals surface area (Å²) in [4.78, 5) is 12.8. The largest absolute Gasteiger partial charge is 0.480 e. The minimum Gasteiger partial charge on any atom is -0.480 e. The molecule has 2 aromatic carbocycles. The van der Waals surface area contributed by atoms with Gasteiger partial charge in [-0.15, -0.1) is 12.4 Å². The van der Waals surface area contributed by atoms with Crippen LogP contribution in [-0.4, -0.2) is 35.6 Å². The van der Waals surface area contributed by atoms with Crippen LogP contribution in [0.5, 0.6) is 0 Å². The second-order valence-electron chi connectivity index (χ2n) is 4.88. The highest BCUT2D eigenvalue weighted by Crippen LogP contribution is 2.19. The van der Waals surface area contributed by atoms with Gasteiger partial charge in [0.25, 0.3) is 0 Å². The van der Waals surface area contributed by atoms with Gasteiger partial charge in [0.1, 0.15) is 6.04 Å². The highest BCUT2D eigenvalue weighted by Gasteiger charge is 2.16. The average Bonchev–Trinajstić information content (AvgIpc) is 2.43. The molecule has 1 atom stereocenters. The Labute approximate surface area is 125 Å². The van der Waals surface area contributed by atoms with Gasteiger partial charge in [0.05, 0.1) is 0 Å². The van der Waals surface area contributed by atoms with E-state index < -0.39 is 12.0 Å². The summed E-state index contributed by atoms with van der Waals surface area (Å²) < 4.78 is 0. The van der Waals surface area contributed by atoms with Crippen molar-refractivity contribution in [2.45, 2.75) is 19.4 Å². The first kappa shape index (κ1) is 16.5. The molecule has 3 nitrogen and oxygen atoms in total. The number of rotatable bonds is 5. The smallest absolute Gasteiger partial charge is 0.320 e. The molecular formula is C16H20ClNO2. The molecule has 0 heterocycles. The van der Waals surface area contributed by atoms with E-state index in [1.165, 1.54) is 16.3 Å². The molecule has 0 saturated carbocycles. The van der Waals surface area contributed by atoms with Gasteiger partial charge in [0.2, 0.25) is 0 Å². The lowest BCUT2D eigenvalue weighted by Crippen LogP contribution is -2.37. The molecule has 108 valence electrons. The lowest BCUT2D eigenvalue weighted by molar-refractivity contribution is -0.142. The van der Waals surface area contributed by atoms with Crippen LogP contribution in [0.25, 0.3) is 10.8 Å². The van der Waals surface area contributed by atoms with Crippen LogP contribution in [0.1, 0.15) is 12.5 Å². The topological polar surface area (TPSA) is 40.5 Å². The van der Waals surface area contributed by atoms with Gasteiger partial charge in [0.15, 0.2) is 0 Å². The van der Waals surface area contributed by atoms with Crippen molar-refractivity contribution in [3.8, 4) is 0 Å². The van der Waals surface area contributed by atoms with E-state index in [0.717, 1.165) is 13.0 Å². The van der Waals surface area contributed by atoms with Gasteiger partial charge in [-0.1, -0.05) is 42.5 Å². The summed E-state index contributed by atoms with van der Waals surface area (Å²) in [5.41, 5.74) is 1.27. The summed E-state index contributed by atoms with van der Waals surface area (Å²) >= 11 is 0. The monoisotopic (exact) mass is 293 g/mol. The van der Waals surface area contributed by atoms with Crippen LogP contribution in [-0.2, 0) is 11.2 Å². The Bertz CT molecular complexity index is 580. The van der Waals surface area contributed by atoms with Crippen LogP contribution in [0.4, 0.5) is 0 Å². The van der Waals surface area contributed by atoms with Crippen molar-refractivity contribution in [3.05, 3.63) is 48.0 Å². The number of nitrogens with zero attached hydrogens (tertiary/aromatic N) is 1. The first-order chi connectivity index (χ1) is 9.09. The fraction of sp³-hybridized carbons (Fsp3) is 0.312. The summed E-state index contributed by atoms with van der Waals surface area (Å²) in [5.74, 6) is -0.777. The van der Waals surface area contributed by atoms with Crippen molar-refractivity contribution < 1.29 is 9.90 Å². The number of hydrogen-bond donors (Lipinski definition) is 1. The molecule has 0 amide bonds. The lowest BCUT2D eigenvalue weighted by atomic mass is 10.0. The third-order valence-electron chi connectivity index (χ3n) is 3.63. The second-order valence-corrected chi connectivity index (χ2v) is 4.88. The predicted octanol–water partition coefficient (Wildman–Crippen LogP) is 3.21. The molecule has 0 aliphatic carbocycles. The van der Waals surface area contributed by atoms with E-state index in [1.54, 1.807) is 6.92 Å². The highest BCUT2D eigenvalue weighted by molar-refractivity contribution is 5.86. The van der Waals surface area contributed by atoms with Crippen molar-refractivity contribution in [3.63, 3.8) is 0 Å². The van der Waals surface area contributed by atoms with Gasteiger partial charge in [-0.05, 0) is 36.7 Å². The Morgan fingerprint density at radius 2 is 1.85 bits per heavy atom. The van der Waals surface area contributed by atoms with Crippen LogP contribution in [0, 0.1) is 0 Å². The van der Waals surface area contributed by atoms with E-state index in [9.17, 15) is 4.79 Å². The molecule has 0 aliphatic rings. The van der Waals surface area contributed by atoms with E-state index >= 15 is 0 Å². The number of carboxylic acids is 1. The molecule has 4 heteroatoms. The molecule has 0 radical (unpaired) electrons. The molecule has 1 unspecified atom stereocenters. The van der Waals surface area contributed by atoms with Crippen molar-refractivity contribution >= 4 is 29.1 Å². The fourth-order valence-corrected chi connectivity index (χ4v) is 2.19. The second kappa shape index (κ2) is 7.27. The number of fused-ring (bicyclic) bond motifs is 1. The number of benzene rings is 2. The number of likely N-dealkylation sites (N-methyl/N-ethyl adjacent to an activating group) is 1. The Balaban J connectivity index is 0.00000200. The summed E-state index contributed by atoms with van der Waals surface area (Å²) in [7, 11) is 1.85. The molecule has 0 aliphatic heterocycles. The van der Waals surface area contributed by atoms with Gasteiger partial charge >= 0.3 is 5.97 Å². The number of carboxylic acid groups (broad SMARTS) is 1. The molecule has 20 heavy (non-hydrogen) atoms. The zero-order valence-electron chi connectivity index (χ0n) is 11.7. The van der Waals surface area contributed by atoms with E-state index in [2.05, 4.69) is 30.3 Å². The van der Waals surface area contributed by atoms with E-state index in [0.29, 0.717) is 0 Å². The minimum absolute atomic E-state index is 0. The molecule has 2 rings (SSSR count). The minimum atomic E-state index is -0.777. The Hall–Kier alpha value is -1.58. The Kier molecular flexibility index (Phi) is 5.99. The van der Waals surface area contributed by atoms with Crippen molar-refractivity contribution in [2.75, 3.05) is 13.6 Å². The maximum atomic E-state index is 10.9. The maximum Gasteiger partial charge on any atom is 0.320 e. The summed E-state index contributed by atoms with van der Waals surface area (Å²) in [6.07, 6.45) is 0.857. The van der Waals surface area contributed by atoms with Gasteiger partial charge in [-0.2, -0.15) is 0 Å². The van der Waals surface area contributed by atoms with Crippen LogP contribution in [0.2, 0.25) is 0 Å². The molecule has 0 spiro atoms. The van der Waals surface area contributed by atoms with Crippen molar-refractivity contribution in [1.82, 2.24) is 4.90 Å². The van der Waals surface area contributed by atoms with E-state index in [4.69, 9.17) is 5.11 Å². The number of aliphatic carboxylic acids is 1. The quantitative estimate of drug-likeness (QED) is 0.920. The van der Waals surface area contributed by atoms with Crippen molar-refractivity contribution in [2.24, 2.45) is 0 Å². The number of carbonyl (C=O) groups is 1. The molecule has 1 N–H and O–H groups in total. The lowest BCUT2D eigenvalue weighted by Gasteiger charge is -2.21. The zero-order valence-corrected chi connectivity index (χ0v) is 12.6. The summed E-state index contributed by atoms with van der Waals surface area (Å²) in [6.45, 7) is 2.45. The van der Waals surface area contributed by atoms with Crippen LogP contribution >= 0.6 is 12.4 Å². The molecule has 0 aromatic heterocycles. The van der Waals surface area contributed by atoms with Gasteiger partial charge in [0, 0.05) is 6.54 Å². The summed E-state index contributed by atoms with van der Waals surface area (Å²) in [5, 5.41) is 11.5. The normalized spacial score (nSPS) is 12.2. The van der Waals surface area contributed by atoms with E-state index in [1.807, 2.05) is 24.1 Å².